The summed E-state index contributed by atoms with van der Waals surface area (Å²) in [6.07, 6.45) is 3.97. The fourth-order valence-electron chi connectivity index (χ4n) is 2.29. The van der Waals surface area contributed by atoms with Crippen molar-refractivity contribution in [3.8, 4) is 0 Å². The zero-order valence-electron chi connectivity index (χ0n) is 10.8. The molecule has 1 saturated heterocycles. The highest BCUT2D eigenvalue weighted by Gasteiger charge is 2.26. The highest BCUT2D eigenvalue weighted by Crippen LogP contribution is 2.22. The number of nitrogens with zero attached hydrogens (tertiary/aromatic N) is 1. The molecule has 0 aliphatic carbocycles. The summed E-state index contributed by atoms with van der Waals surface area (Å²) >= 11 is 0. The average molecular weight is 272 g/mol. The van der Waals surface area contributed by atoms with Gasteiger partial charge in [-0.15, -0.1) is 0 Å². The van der Waals surface area contributed by atoms with Crippen LogP contribution in [0, 0.1) is 5.92 Å². The Bertz CT molecular complexity index is 495. The maximum atomic E-state index is 11.5. The topological polar surface area (TPSA) is 72.2 Å². The van der Waals surface area contributed by atoms with Crippen molar-refractivity contribution in [2.24, 2.45) is 5.92 Å². The molecule has 2 unspecified atom stereocenters. The molecule has 1 aromatic rings. The zero-order valence-corrected chi connectivity index (χ0v) is 11.7. The Kier molecular flexibility index (Phi) is 4.07. The smallest absolute Gasteiger partial charge is 0.194 e. The minimum Gasteiger partial charge on any atom is -0.449 e. The van der Waals surface area contributed by atoms with Crippen LogP contribution in [-0.2, 0) is 16.3 Å². The van der Waals surface area contributed by atoms with Crippen molar-refractivity contribution in [3.63, 3.8) is 0 Å². The van der Waals surface area contributed by atoms with Gasteiger partial charge in [0.15, 0.2) is 15.7 Å². The van der Waals surface area contributed by atoms with E-state index in [0.29, 0.717) is 18.1 Å². The molecule has 18 heavy (non-hydrogen) atoms. The van der Waals surface area contributed by atoms with E-state index in [0.717, 1.165) is 18.5 Å². The molecule has 102 valence electrons. The molecule has 0 bridgehead atoms. The molecule has 0 saturated carbocycles. The van der Waals surface area contributed by atoms with Crippen molar-refractivity contribution in [1.82, 2.24) is 10.3 Å². The molecule has 1 aliphatic heterocycles. The van der Waals surface area contributed by atoms with Gasteiger partial charge in [0, 0.05) is 12.5 Å². The first-order valence-electron chi connectivity index (χ1n) is 6.32. The quantitative estimate of drug-likeness (QED) is 0.895. The summed E-state index contributed by atoms with van der Waals surface area (Å²) in [5.74, 6) is 1.40. The van der Waals surface area contributed by atoms with Crippen LogP contribution in [0.5, 0.6) is 0 Å². The molecule has 1 aromatic heterocycles. The summed E-state index contributed by atoms with van der Waals surface area (Å²) < 4.78 is 28.5. The van der Waals surface area contributed by atoms with Crippen molar-refractivity contribution in [2.75, 3.05) is 18.6 Å². The number of hydrogen-bond acceptors (Lipinski definition) is 5. The summed E-state index contributed by atoms with van der Waals surface area (Å²) in [4.78, 5) is 4.40. The summed E-state index contributed by atoms with van der Waals surface area (Å²) in [5.41, 5.74) is 0.867. The largest absolute Gasteiger partial charge is 0.449 e. The second-order valence-corrected chi connectivity index (χ2v) is 7.23. The first-order chi connectivity index (χ1) is 8.50. The molecular formula is C12H20N2O3S. The van der Waals surface area contributed by atoms with Crippen molar-refractivity contribution >= 4 is 9.84 Å². The van der Waals surface area contributed by atoms with Crippen molar-refractivity contribution in [1.29, 1.82) is 0 Å². The highest BCUT2D eigenvalue weighted by molar-refractivity contribution is 7.91. The minimum atomic E-state index is -2.85. The molecule has 2 heterocycles. The van der Waals surface area contributed by atoms with Gasteiger partial charge in [-0.1, -0.05) is 0 Å². The van der Waals surface area contributed by atoms with Crippen LogP contribution in [-0.4, -0.2) is 32.0 Å². The Morgan fingerprint density at radius 2 is 2.39 bits per heavy atom. The fraction of sp³-hybridized carbons (Fsp3) is 0.750. The first-order valence-corrected chi connectivity index (χ1v) is 8.14. The second-order valence-electron chi connectivity index (χ2n) is 5.00. The van der Waals surface area contributed by atoms with Crippen LogP contribution < -0.4 is 5.32 Å². The van der Waals surface area contributed by atoms with Gasteiger partial charge in [-0.3, -0.25) is 0 Å². The van der Waals surface area contributed by atoms with Gasteiger partial charge in [-0.2, -0.15) is 0 Å². The zero-order chi connectivity index (χ0) is 13.2. The lowest BCUT2D eigenvalue weighted by Crippen LogP contribution is -2.26. The number of sulfone groups is 1. The van der Waals surface area contributed by atoms with Crippen LogP contribution in [0.4, 0.5) is 0 Å². The Morgan fingerprint density at radius 1 is 1.61 bits per heavy atom. The van der Waals surface area contributed by atoms with Crippen molar-refractivity contribution < 1.29 is 12.8 Å². The SMILES string of the molecule is CNC(C)c1coc(CC2CCCS(=O)(=O)C2)n1. The van der Waals surface area contributed by atoms with Gasteiger partial charge in [-0.25, -0.2) is 13.4 Å². The molecule has 1 fully saturated rings. The Balaban J connectivity index is 1.99. The molecule has 1 aliphatic rings. The van der Waals surface area contributed by atoms with E-state index < -0.39 is 9.84 Å². The second kappa shape index (κ2) is 5.40. The number of hydrogen-bond donors (Lipinski definition) is 1. The Hall–Kier alpha value is -0.880. The van der Waals surface area contributed by atoms with Gasteiger partial charge < -0.3 is 9.73 Å². The van der Waals surface area contributed by atoms with Crippen LogP contribution in [0.15, 0.2) is 10.7 Å². The predicted molar refractivity (Wildman–Crippen MR) is 69.1 cm³/mol. The molecule has 0 aromatic carbocycles. The lowest BCUT2D eigenvalue weighted by Gasteiger charge is -2.20. The molecule has 6 heteroatoms. The van der Waals surface area contributed by atoms with E-state index in [9.17, 15) is 8.42 Å². The third-order valence-electron chi connectivity index (χ3n) is 3.47. The molecule has 1 N–H and O–H groups in total. The lowest BCUT2D eigenvalue weighted by atomic mass is 10.0. The Labute approximate surface area is 108 Å². The van der Waals surface area contributed by atoms with Crippen LogP contribution in [0.3, 0.4) is 0 Å². The molecular weight excluding hydrogens is 252 g/mol. The summed E-state index contributed by atoms with van der Waals surface area (Å²) in [6.45, 7) is 2.01. The molecule has 0 amide bonds. The number of aromatic nitrogens is 1. The first kappa shape index (κ1) is 13.5. The molecule has 0 radical (unpaired) electrons. The van der Waals surface area contributed by atoms with Gasteiger partial charge in [0.05, 0.1) is 17.2 Å². The standard InChI is InChI=1S/C12H20N2O3S/c1-9(13-2)11-7-17-12(14-11)6-10-4-3-5-18(15,16)8-10/h7,9-10,13H,3-6,8H2,1-2H3. The van der Waals surface area contributed by atoms with E-state index in [1.807, 2.05) is 14.0 Å². The molecule has 2 atom stereocenters. The normalized spacial score (nSPS) is 24.9. The maximum absolute atomic E-state index is 11.5. The molecule has 2 rings (SSSR count). The van der Waals surface area contributed by atoms with Gasteiger partial charge in [0.1, 0.15) is 6.26 Å². The minimum absolute atomic E-state index is 0.151. The Morgan fingerprint density at radius 3 is 3.06 bits per heavy atom. The van der Waals surface area contributed by atoms with Crippen LogP contribution in [0.2, 0.25) is 0 Å². The number of oxazole rings is 1. The maximum Gasteiger partial charge on any atom is 0.194 e. The number of rotatable bonds is 4. The molecule has 0 spiro atoms. The predicted octanol–water partition coefficient (Wildman–Crippen LogP) is 1.32. The third-order valence-corrected chi connectivity index (χ3v) is 5.36. The third kappa shape index (κ3) is 3.32. The van der Waals surface area contributed by atoms with Crippen LogP contribution >= 0.6 is 0 Å². The van der Waals surface area contributed by atoms with E-state index in [1.54, 1.807) is 6.26 Å². The van der Waals surface area contributed by atoms with Crippen molar-refractivity contribution in [3.05, 3.63) is 17.8 Å². The van der Waals surface area contributed by atoms with E-state index in [4.69, 9.17) is 4.42 Å². The summed E-state index contributed by atoms with van der Waals surface area (Å²) in [5, 5.41) is 3.09. The number of nitrogens with one attached hydrogen (secondary N) is 1. The van der Waals surface area contributed by atoms with Crippen LogP contribution in [0.1, 0.15) is 37.4 Å². The average Bonchev–Trinajstić information content (AvgIpc) is 2.75. The van der Waals surface area contributed by atoms with E-state index in [2.05, 4.69) is 10.3 Å². The van der Waals surface area contributed by atoms with E-state index >= 15 is 0 Å². The van der Waals surface area contributed by atoms with Crippen LogP contribution in [0.25, 0.3) is 0 Å². The van der Waals surface area contributed by atoms with E-state index in [1.165, 1.54) is 0 Å². The highest BCUT2D eigenvalue weighted by atomic mass is 32.2. The van der Waals surface area contributed by atoms with Gasteiger partial charge in [0.2, 0.25) is 0 Å². The van der Waals surface area contributed by atoms with Gasteiger partial charge >= 0.3 is 0 Å². The summed E-state index contributed by atoms with van der Waals surface area (Å²) in [7, 11) is -0.980. The van der Waals surface area contributed by atoms with Gasteiger partial charge in [0.25, 0.3) is 0 Å². The van der Waals surface area contributed by atoms with E-state index in [-0.39, 0.29) is 17.7 Å². The lowest BCUT2D eigenvalue weighted by molar-refractivity contribution is 0.416. The molecule has 5 nitrogen and oxygen atoms in total. The van der Waals surface area contributed by atoms with Crippen molar-refractivity contribution in [2.45, 2.75) is 32.2 Å². The summed E-state index contributed by atoms with van der Waals surface area (Å²) in [6, 6.07) is 0.151. The van der Waals surface area contributed by atoms with Gasteiger partial charge in [-0.05, 0) is 32.7 Å². The monoisotopic (exact) mass is 272 g/mol. The fourth-order valence-corrected chi connectivity index (χ4v) is 4.07.